The average molecular weight is 450 g/mol. The van der Waals surface area contributed by atoms with Crippen LogP contribution in [0, 0.1) is 0 Å². The van der Waals surface area contributed by atoms with E-state index in [2.05, 4.69) is 15.6 Å². The molecule has 0 aliphatic carbocycles. The van der Waals surface area contributed by atoms with Crippen molar-refractivity contribution in [3.05, 3.63) is 48.2 Å². The monoisotopic (exact) mass is 449 g/mol. The van der Waals surface area contributed by atoms with Gasteiger partial charge in [-0.05, 0) is 42.8 Å². The summed E-state index contributed by atoms with van der Waals surface area (Å²) in [6, 6.07) is 9.68. The molecule has 160 valence electrons. The Morgan fingerprint density at radius 3 is 2.55 bits per heavy atom. The molecule has 1 saturated heterocycles. The van der Waals surface area contributed by atoms with Crippen LogP contribution < -0.4 is 20.1 Å². The van der Waals surface area contributed by atoms with Gasteiger partial charge in [0.15, 0.2) is 0 Å². The number of benzene rings is 1. The number of hydrogen-bond acceptors (Lipinski definition) is 5. The van der Waals surface area contributed by atoms with E-state index in [9.17, 15) is 13.6 Å². The van der Waals surface area contributed by atoms with Crippen LogP contribution in [0.25, 0.3) is 0 Å². The number of carbonyl (C=O) groups excluding carboxylic acids is 1. The number of carbonyl (C=O) groups is 1. The van der Waals surface area contributed by atoms with Crippen molar-refractivity contribution in [1.82, 2.24) is 15.6 Å². The Morgan fingerprint density at radius 1 is 1.24 bits per heavy atom. The van der Waals surface area contributed by atoms with Gasteiger partial charge in [0.2, 0.25) is 11.8 Å². The molecule has 1 amide bonds. The average Bonchev–Trinajstić information content (AvgIpc) is 3.02. The first-order valence-electron chi connectivity index (χ1n) is 8.70. The van der Waals surface area contributed by atoms with Gasteiger partial charge in [-0.2, -0.15) is 0 Å². The van der Waals surface area contributed by atoms with Crippen LogP contribution in [0.5, 0.6) is 17.4 Å². The van der Waals surface area contributed by atoms with Crippen molar-refractivity contribution in [1.29, 1.82) is 0 Å². The van der Waals surface area contributed by atoms with Crippen LogP contribution in [0.4, 0.5) is 8.78 Å². The van der Waals surface area contributed by atoms with E-state index in [1.54, 1.807) is 42.6 Å². The molecule has 29 heavy (non-hydrogen) atoms. The summed E-state index contributed by atoms with van der Waals surface area (Å²) in [5, 5.41) is 5.19. The van der Waals surface area contributed by atoms with Crippen molar-refractivity contribution in [2.24, 2.45) is 0 Å². The van der Waals surface area contributed by atoms with Crippen molar-refractivity contribution in [3.63, 3.8) is 0 Å². The van der Waals surface area contributed by atoms with E-state index >= 15 is 0 Å². The van der Waals surface area contributed by atoms with Gasteiger partial charge in [0.05, 0.1) is 19.2 Å². The topological polar surface area (TPSA) is 72.5 Å². The molecule has 1 aromatic heterocycles. The third kappa shape index (κ3) is 7.30. The van der Waals surface area contributed by atoms with E-state index < -0.39 is 30.8 Å². The first-order valence-corrected chi connectivity index (χ1v) is 8.70. The number of ether oxygens (including phenoxy) is 2. The third-order valence-electron chi connectivity index (χ3n) is 4.05. The molecule has 2 heterocycles. The zero-order valence-electron chi connectivity index (χ0n) is 15.7. The van der Waals surface area contributed by atoms with Gasteiger partial charge in [0, 0.05) is 25.2 Å². The van der Waals surface area contributed by atoms with Gasteiger partial charge >= 0.3 is 0 Å². The zero-order chi connectivity index (χ0) is 19.3. The Kier molecular flexibility index (Phi) is 9.55. The summed E-state index contributed by atoms with van der Waals surface area (Å²) >= 11 is 0. The molecular formula is C19H23Cl2F2N3O3. The van der Waals surface area contributed by atoms with Crippen LogP contribution in [0.15, 0.2) is 42.6 Å². The lowest BCUT2D eigenvalue weighted by atomic mass is 10.2. The SMILES string of the molecule is CCOc1ccc(Oc2cc(CNC(=O)C3CC(F)(F)CN3)ccn2)cc1.Cl.Cl. The Labute approximate surface area is 180 Å². The van der Waals surface area contributed by atoms with Crippen LogP contribution in [0.2, 0.25) is 0 Å². The second kappa shape index (κ2) is 11.1. The van der Waals surface area contributed by atoms with Crippen LogP contribution in [-0.4, -0.2) is 36.0 Å². The summed E-state index contributed by atoms with van der Waals surface area (Å²) in [4.78, 5) is 16.1. The zero-order valence-corrected chi connectivity index (χ0v) is 17.3. The van der Waals surface area contributed by atoms with Crippen LogP contribution in [0.3, 0.4) is 0 Å². The number of pyridine rings is 1. The van der Waals surface area contributed by atoms with Crippen molar-refractivity contribution in [3.8, 4) is 17.4 Å². The largest absolute Gasteiger partial charge is 0.494 e. The van der Waals surface area contributed by atoms with E-state index in [4.69, 9.17) is 9.47 Å². The first kappa shape index (κ1) is 24.9. The predicted molar refractivity (Wildman–Crippen MR) is 110 cm³/mol. The van der Waals surface area contributed by atoms with Gasteiger partial charge < -0.3 is 14.8 Å². The summed E-state index contributed by atoms with van der Waals surface area (Å²) in [6.45, 7) is 2.22. The van der Waals surface area contributed by atoms with Gasteiger partial charge in [0.25, 0.3) is 5.92 Å². The second-order valence-electron chi connectivity index (χ2n) is 6.22. The molecule has 2 N–H and O–H groups in total. The predicted octanol–water partition coefficient (Wildman–Crippen LogP) is 3.73. The molecule has 1 aliphatic rings. The minimum atomic E-state index is -2.84. The molecule has 6 nitrogen and oxygen atoms in total. The minimum absolute atomic E-state index is 0. The molecule has 1 atom stereocenters. The van der Waals surface area contributed by atoms with Crippen LogP contribution in [-0.2, 0) is 11.3 Å². The van der Waals surface area contributed by atoms with Crippen molar-refractivity contribution >= 4 is 30.7 Å². The fourth-order valence-electron chi connectivity index (χ4n) is 2.72. The first-order chi connectivity index (χ1) is 12.9. The number of nitrogens with zero attached hydrogens (tertiary/aromatic N) is 1. The van der Waals surface area contributed by atoms with Crippen molar-refractivity contribution in [2.75, 3.05) is 13.2 Å². The number of rotatable bonds is 7. The number of aromatic nitrogens is 1. The van der Waals surface area contributed by atoms with Gasteiger partial charge in [-0.1, -0.05) is 0 Å². The second-order valence-corrected chi connectivity index (χ2v) is 6.22. The molecule has 0 saturated carbocycles. The smallest absolute Gasteiger partial charge is 0.262 e. The van der Waals surface area contributed by atoms with Crippen LogP contribution >= 0.6 is 24.8 Å². The minimum Gasteiger partial charge on any atom is -0.494 e. The highest BCUT2D eigenvalue weighted by Crippen LogP contribution is 2.25. The van der Waals surface area contributed by atoms with Gasteiger partial charge in [-0.15, -0.1) is 24.8 Å². The van der Waals surface area contributed by atoms with E-state index in [0.29, 0.717) is 18.2 Å². The lowest BCUT2D eigenvalue weighted by Crippen LogP contribution is -2.40. The molecule has 1 aliphatic heterocycles. The Morgan fingerprint density at radius 2 is 1.93 bits per heavy atom. The summed E-state index contributed by atoms with van der Waals surface area (Å²) in [6.07, 6.45) is 1.08. The highest BCUT2D eigenvalue weighted by Gasteiger charge is 2.42. The van der Waals surface area contributed by atoms with Crippen LogP contribution in [0.1, 0.15) is 18.9 Å². The van der Waals surface area contributed by atoms with Gasteiger partial charge in [0.1, 0.15) is 11.5 Å². The third-order valence-corrected chi connectivity index (χ3v) is 4.05. The number of amides is 1. The fraction of sp³-hybridized carbons (Fsp3) is 0.368. The molecule has 0 spiro atoms. The normalized spacial score (nSPS) is 16.9. The van der Waals surface area contributed by atoms with E-state index in [0.717, 1.165) is 11.3 Å². The molecule has 10 heteroatoms. The lowest BCUT2D eigenvalue weighted by Gasteiger charge is -2.12. The molecule has 1 fully saturated rings. The van der Waals surface area contributed by atoms with E-state index in [1.807, 2.05) is 6.92 Å². The maximum Gasteiger partial charge on any atom is 0.262 e. The number of nitrogens with one attached hydrogen (secondary N) is 2. The Hall–Kier alpha value is -2.16. The summed E-state index contributed by atoms with van der Waals surface area (Å²) in [5.74, 6) is -1.56. The quantitative estimate of drug-likeness (QED) is 0.673. The molecule has 0 bridgehead atoms. The van der Waals surface area contributed by atoms with Gasteiger partial charge in [-0.25, -0.2) is 13.8 Å². The van der Waals surface area contributed by atoms with E-state index in [-0.39, 0.29) is 31.4 Å². The van der Waals surface area contributed by atoms with Crippen molar-refractivity contribution < 1.29 is 23.0 Å². The summed E-state index contributed by atoms with van der Waals surface area (Å²) in [5.41, 5.74) is 0.754. The molecule has 0 radical (unpaired) electrons. The number of hydrogen-bond donors (Lipinski definition) is 2. The number of alkyl halides is 2. The molecular weight excluding hydrogens is 427 g/mol. The highest BCUT2D eigenvalue weighted by molar-refractivity contribution is 5.85. The number of halogens is 4. The maximum absolute atomic E-state index is 13.2. The standard InChI is InChI=1S/C19H21F2N3O3.2ClH/c1-2-26-14-3-5-15(6-4-14)27-17-9-13(7-8-22-17)11-23-18(25)16-10-19(20,21)12-24-16;;/h3-9,16,24H,2,10-12H2,1H3,(H,23,25);2*1H. The Balaban J connectivity index is 0.00000210. The molecule has 2 aromatic rings. The summed E-state index contributed by atoms with van der Waals surface area (Å²) < 4.78 is 37.4. The lowest BCUT2D eigenvalue weighted by molar-refractivity contribution is -0.123. The van der Waals surface area contributed by atoms with E-state index in [1.165, 1.54) is 0 Å². The van der Waals surface area contributed by atoms with Gasteiger partial charge in [-0.3, -0.25) is 10.1 Å². The van der Waals surface area contributed by atoms with Crippen molar-refractivity contribution in [2.45, 2.75) is 31.9 Å². The fourth-order valence-corrected chi connectivity index (χ4v) is 2.72. The molecule has 1 aromatic carbocycles. The maximum atomic E-state index is 13.2. The Bertz CT molecular complexity index is 795. The molecule has 3 rings (SSSR count). The molecule has 1 unspecified atom stereocenters. The highest BCUT2D eigenvalue weighted by atomic mass is 35.5. The summed E-state index contributed by atoms with van der Waals surface area (Å²) in [7, 11) is 0.